The number of rotatable bonds is 0. The summed E-state index contributed by atoms with van der Waals surface area (Å²) in [7, 11) is 0. The number of hydrogen-bond acceptors (Lipinski definition) is 0. The van der Waals surface area contributed by atoms with Crippen molar-refractivity contribution in [2.75, 3.05) is 0 Å². The van der Waals surface area contributed by atoms with Crippen molar-refractivity contribution in [3.8, 4) is 0 Å². The van der Waals surface area contributed by atoms with Crippen LogP contribution in [0.2, 0.25) is 0 Å². The van der Waals surface area contributed by atoms with Gasteiger partial charge in [-0.15, -0.1) is 0 Å². The van der Waals surface area contributed by atoms with Crippen molar-refractivity contribution in [3.05, 3.63) is 0 Å². The van der Waals surface area contributed by atoms with E-state index in [0.717, 1.165) is 0 Å². The number of alkyl halides is 4. The van der Waals surface area contributed by atoms with Crippen LogP contribution in [0.15, 0.2) is 0 Å². The summed E-state index contributed by atoms with van der Waals surface area (Å²) in [5.41, 5.74) is 0. The van der Waals surface area contributed by atoms with E-state index in [0.29, 0.717) is 0 Å². The van der Waals surface area contributed by atoms with Gasteiger partial charge in [-0.05, 0) is 0 Å². The minimum atomic E-state index is -3.93. The molecule has 0 unspecified atom stereocenters. The Bertz CT molecular complexity index is 40.5. The molecule has 0 amide bonds. The summed E-state index contributed by atoms with van der Waals surface area (Å²) in [5, 5.41) is 0. The van der Waals surface area contributed by atoms with Crippen molar-refractivity contribution < 1.29 is 32.2 Å². The Labute approximate surface area is 49.1 Å². The Morgan fingerprint density at radius 1 is 1.33 bits per heavy atom. The first-order chi connectivity index (χ1) is 2.56. The summed E-state index contributed by atoms with van der Waals surface area (Å²) in [5.74, 6) is 0. The van der Waals surface area contributed by atoms with Crippen LogP contribution in [0, 0.1) is 0 Å². The van der Waals surface area contributed by atoms with Gasteiger partial charge in [0.05, 0.1) is 0 Å². The minimum absolute atomic E-state index is 1.72. The zero-order chi connectivity index (χ0) is 5.21. The van der Waals surface area contributed by atoms with Gasteiger partial charge in [0, 0.05) is 0 Å². The van der Waals surface area contributed by atoms with Crippen LogP contribution in [0.25, 0.3) is 0 Å². The van der Waals surface area contributed by atoms with Gasteiger partial charge in [0.1, 0.15) is 0 Å². The molecule has 5 heteroatoms. The molecule has 0 saturated carbocycles. The molecule has 0 nitrogen and oxygen atoms in total. The van der Waals surface area contributed by atoms with Crippen LogP contribution in [0.4, 0.5) is 13.2 Å². The first-order valence-electron chi connectivity index (χ1n) is 0.899. The zero-order valence-electron chi connectivity index (χ0n) is 2.39. The van der Waals surface area contributed by atoms with Gasteiger partial charge in [-0.2, -0.15) is 0 Å². The maximum atomic E-state index is 10.8. The van der Waals surface area contributed by atoms with Crippen LogP contribution in [0.1, 0.15) is 0 Å². The van der Waals surface area contributed by atoms with Crippen molar-refractivity contribution >= 4 is 12.7 Å². The van der Waals surface area contributed by atoms with E-state index >= 15 is 0 Å². The van der Waals surface area contributed by atoms with E-state index < -0.39 is 23.2 Å². The monoisotopic (exact) mass is 275 g/mol. The van der Waals surface area contributed by atoms with E-state index in [1.165, 1.54) is 0 Å². The Balaban J connectivity index is 3.17. The van der Waals surface area contributed by atoms with E-state index in [1.54, 1.807) is 0 Å². The van der Waals surface area contributed by atoms with Crippen molar-refractivity contribution in [2.24, 2.45) is 0 Å². The maximum absolute atomic E-state index is 10.8. The van der Waals surface area contributed by atoms with Gasteiger partial charge < -0.3 is 0 Å². The molecular weight excluding hydrogens is 276 g/mol. The number of halogens is 5. The SMILES string of the molecule is FC(F)(F)[I-]Br. The molecular formula is CBrF3I-. The first kappa shape index (κ1) is 7.00. The molecule has 0 aromatic heterocycles. The predicted octanol–water partition coefficient (Wildman–Crippen LogP) is -1.09. The quantitative estimate of drug-likeness (QED) is 0.389. The fourth-order valence-electron chi connectivity index (χ4n) is 0. The normalized spacial score (nSPS) is 12.7. The molecule has 0 aliphatic heterocycles. The van der Waals surface area contributed by atoms with Crippen LogP contribution in [-0.2, 0) is 0 Å². The zero-order valence-corrected chi connectivity index (χ0v) is 6.13. The van der Waals surface area contributed by atoms with E-state index in [9.17, 15) is 13.2 Å². The fraction of sp³-hybridized carbons (Fsp3) is 1.00. The summed E-state index contributed by atoms with van der Waals surface area (Å²) in [6, 6.07) is 0. The fourth-order valence-corrected chi connectivity index (χ4v) is 0. The number of hydrogen-bond donors (Lipinski definition) is 0. The predicted molar refractivity (Wildman–Crippen MR) is 15.0 cm³/mol. The molecule has 0 fully saturated rings. The van der Waals surface area contributed by atoms with Gasteiger partial charge >= 0.3 is 49.0 Å². The molecule has 6 heavy (non-hydrogen) atoms. The van der Waals surface area contributed by atoms with Crippen molar-refractivity contribution in [1.29, 1.82) is 0 Å². The Morgan fingerprint density at radius 3 is 1.50 bits per heavy atom. The summed E-state index contributed by atoms with van der Waals surface area (Å²) in [6.07, 6.45) is 0. The topological polar surface area (TPSA) is 0 Å². The van der Waals surface area contributed by atoms with Crippen molar-refractivity contribution in [2.45, 2.75) is 4.18 Å². The van der Waals surface area contributed by atoms with Gasteiger partial charge in [0.15, 0.2) is 0 Å². The average molecular weight is 276 g/mol. The van der Waals surface area contributed by atoms with Crippen LogP contribution in [-0.4, -0.2) is 4.18 Å². The first-order valence-corrected chi connectivity index (χ1v) is 6.81. The third kappa shape index (κ3) is 5.00. The van der Waals surface area contributed by atoms with Gasteiger partial charge in [0.25, 0.3) is 0 Å². The van der Waals surface area contributed by atoms with Crippen LogP contribution < -0.4 is 19.0 Å². The third-order valence-electron chi connectivity index (χ3n) is 0.0810. The van der Waals surface area contributed by atoms with Crippen molar-refractivity contribution in [3.63, 3.8) is 0 Å². The third-order valence-corrected chi connectivity index (χ3v) is 2.82. The summed E-state index contributed by atoms with van der Waals surface area (Å²) in [6.45, 7) is 0. The molecule has 0 aliphatic rings. The van der Waals surface area contributed by atoms with E-state index in [4.69, 9.17) is 0 Å². The van der Waals surface area contributed by atoms with Gasteiger partial charge in [-0.3, -0.25) is 0 Å². The average Bonchev–Trinajstić information content (AvgIpc) is 1.35. The van der Waals surface area contributed by atoms with Gasteiger partial charge in [-0.1, -0.05) is 0 Å². The molecule has 0 heterocycles. The van der Waals surface area contributed by atoms with Crippen LogP contribution in [0.5, 0.6) is 0 Å². The molecule has 0 N–H and O–H groups in total. The Hall–Kier alpha value is 1.00. The Morgan fingerprint density at radius 2 is 1.50 bits per heavy atom. The second kappa shape index (κ2) is 2.34. The second-order valence-corrected chi connectivity index (χ2v) is 4.14. The standard InChI is InChI=1S/CBrF3I/c2-6-1(3,4)5/q-1. The molecule has 0 radical (unpaired) electrons. The molecule has 0 aliphatic carbocycles. The molecule has 0 atom stereocenters. The molecule has 40 valence electrons. The Kier molecular flexibility index (Phi) is 2.73. The molecule has 0 aromatic carbocycles. The molecule has 0 saturated heterocycles. The summed E-state index contributed by atoms with van der Waals surface area (Å²) < 4.78 is 28.4. The molecule has 0 rings (SSSR count). The van der Waals surface area contributed by atoms with Crippen molar-refractivity contribution in [1.82, 2.24) is 0 Å². The van der Waals surface area contributed by atoms with Gasteiger partial charge in [-0.25, -0.2) is 0 Å². The van der Waals surface area contributed by atoms with Gasteiger partial charge in [0.2, 0.25) is 0 Å². The van der Waals surface area contributed by atoms with E-state index in [2.05, 4.69) is 12.7 Å². The molecule has 0 aromatic rings. The molecule has 0 bridgehead atoms. The van der Waals surface area contributed by atoms with E-state index in [-0.39, 0.29) is 0 Å². The van der Waals surface area contributed by atoms with Crippen LogP contribution >= 0.6 is 12.7 Å². The van der Waals surface area contributed by atoms with Crippen LogP contribution in [0.3, 0.4) is 0 Å². The second-order valence-electron chi connectivity index (χ2n) is 0.500. The summed E-state index contributed by atoms with van der Waals surface area (Å²) >= 11 is 0.631. The molecule has 0 spiro atoms. The summed E-state index contributed by atoms with van der Waals surface area (Å²) in [4.78, 5) is 0. The van der Waals surface area contributed by atoms with E-state index in [1.807, 2.05) is 0 Å².